The van der Waals surface area contributed by atoms with Crippen LogP contribution in [0.5, 0.6) is 5.75 Å². The Morgan fingerprint density at radius 2 is 2.00 bits per heavy atom. The van der Waals surface area contributed by atoms with Crippen LogP contribution in [0.4, 0.5) is 0 Å². The Labute approximate surface area is 137 Å². The average Bonchev–Trinajstić information content (AvgIpc) is 2.79. The number of benzene rings is 1. The van der Waals surface area contributed by atoms with Gasteiger partial charge in [0.15, 0.2) is 0 Å². The smallest absolute Gasteiger partial charge is 0.496 e. The maximum atomic E-state index is 7.63. The molecule has 0 amide bonds. The first-order valence-electron chi connectivity index (χ1n) is 8.03. The highest BCUT2D eigenvalue weighted by atomic mass is 16.5. The van der Waals surface area contributed by atoms with Gasteiger partial charge in [-0.1, -0.05) is 36.4 Å². The number of para-hydroxylation sites is 1. The predicted octanol–water partition coefficient (Wildman–Crippen LogP) is 5.00. The highest BCUT2D eigenvalue weighted by Crippen LogP contribution is 2.49. The number of methoxy groups -OCH3 is 1. The van der Waals surface area contributed by atoms with E-state index in [4.69, 9.17) is 17.9 Å². The van der Waals surface area contributed by atoms with Crippen molar-refractivity contribution in [1.82, 2.24) is 0 Å². The third-order valence-electron chi connectivity index (χ3n) is 4.99. The number of hydrogen-bond donors (Lipinski definition) is 0. The summed E-state index contributed by atoms with van der Waals surface area (Å²) in [4.78, 5) is 7.52. The average molecular weight is 304 g/mol. The second kappa shape index (κ2) is 6.31. The van der Waals surface area contributed by atoms with Crippen LogP contribution < -0.4 is 4.74 Å². The molecule has 3 heteroatoms. The molecular weight excluding hydrogens is 284 g/mol. The van der Waals surface area contributed by atoms with E-state index in [1.807, 2.05) is 24.3 Å². The fourth-order valence-electron chi connectivity index (χ4n) is 3.87. The monoisotopic (exact) mass is 304 g/mol. The van der Waals surface area contributed by atoms with Crippen LogP contribution in [0.2, 0.25) is 0 Å². The van der Waals surface area contributed by atoms with Crippen molar-refractivity contribution in [2.45, 2.75) is 37.3 Å². The van der Waals surface area contributed by atoms with Gasteiger partial charge >= 0.3 is 5.66 Å². The highest BCUT2D eigenvalue weighted by molar-refractivity contribution is 5.45. The molecule has 0 aliphatic heterocycles. The summed E-state index contributed by atoms with van der Waals surface area (Å²) in [7, 11) is 1.69. The van der Waals surface area contributed by atoms with Crippen LogP contribution in [0.1, 0.15) is 37.2 Å². The fraction of sp³-hybridized carbons (Fsp3) is 0.400. The molecule has 1 aromatic rings. The van der Waals surface area contributed by atoms with E-state index >= 15 is 0 Å². The van der Waals surface area contributed by atoms with E-state index in [1.54, 1.807) is 7.11 Å². The van der Waals surface area contributed by atoms with Gasteiger partial charge in [0.2, 0.25) is 0 Å². The van der Waals surface area contributed by atoms with E-state index in [0.717, 1.165) is 36.1 Å². The molecule has 23 heavy (non-hydrogen) atoms. The minimum atomic E-state index is -1.04. The van der Waals surface area contributed by atoms with Crippen LogP contribution in [-0.2, 0) is 0 Å². The Hall–Kier alpha value is -2.52. The lowest BCUT2D eigenvalue weighted by molar-refractivity contribution is 0.391. The van der Waals surface area contributed by atoms with E-state index in [0.29, 0.717) is 6.42 Å². The Morgan fingerprint density at radius 1 is 1.22 bits per heavy atom. The van der Waals surface area contributed by atoms with Gasteiger partial charge in [-0.3, -0.25) is 0 Å². The molecular formula is C20H20N2O. The van der Waals surface area contributed by atoms with Crippen LogP contribution in [0.25, 0.3) is 9.69 Å². The summed E-state index contributed by atoms with van der Waals surface area (Å²) in [6.45, 7) is 15.3. The minimum absolute atomic E-state index is 0.170. The van der Waals surface area contributed by atoms with Gasteiger partial charge in [0.1, 0.15) is 17.7 Å². The van der Waals surface area contributed by atoms with Gasteiger partial charge in [-0.15, -0.1) is 0 Å². The number of rotatable bonds is 2. The van der Waals surface area contributed by atoms with Gasteiger partial charge in [0.25, 0.3) is 0 Å². The number of hydrogen-bond acceptors (Lipinski definition) is 1. The molecule has 0 fully saturated rings. The molecule has 0 unspecified atom stereocenters. The SMILES string of the molecule is [C-]#[N+]C1([N+]#[C-])CC=C[C@@H](c2ccccc2OC)[C@@H]2CCCC=C21. The summed E-state index contributed by atoms with van der Waals surface area (Å²) in [5, 5.41) is 0. The Bertz CT molecular complexity index is 719. The molecule has 2 atom stereocenters. The molecule has 0 saturated carbocycles. The van der Waals surface area contributed by atoms with Crippen molar-refractivity contribution >= 4 is 0 Å². The van der Waals surface area contributed by atoms with Crippen molar-refractivity contribution in [2.24, 2.45) is 5.92 Å². The molecule has 0 saturated heterocycles. The van der Waals surface area contributed by atoms with Crippen molar-refractivity contribution in [1.29, 1.82) is 0 Å². The molecule has 0 radical (unpaired) electrons. The topological polar surface area (TPSA) is 18.0 Å². The molecule has 0 spiro atoms. The van der Waals surface area contributed by atoms with Crippen molar-refractivity contribution in [3.05, 3.63) is 76.5 Å². The third-order valence-corrected chi connectivity index (χ3v) is 4.99. The zero-order chi connectivity index (χ0) is 16.3. The molecule has 2 aliphatic carbocycles. The van der Waals surface area contributed by atoms with Gasteiger partial charge in [-0.05, 0) is 25.3 Å². The molecule has 2 aliphatic rings. The first-order chi connectivity index (χ1) is 11.3. The number of nitrogens with zero attached hydrogens (tertiary/aromatic N) is 2. The van der Waals surface area contributed by atoms with Gasteiger partial charge in [-0.2, -0.15) is 0 Å². The van der Waals surface area contributed by atoms with E-state index in [-0.39, 0.29) is 11.8 Å². The molecule has 0 bridgehead atoms. The number of allylic oxidation sites excluding steroid dienone is 2. The maximum Gasteiger partial charge on any atom is 0.509 e. The molecule has 3 rings (SSSR count). The summed E-state index contributed by atoms with van der Waals surface area (Å²) in [5.74, 6) is 1.26. The van der Waals surface area contributed by atoms with Crippen molar-refractivity contribution in [3.8, 4) is 5.75 Å². The number of fused-ring (bicyclic) bond motifs is 1. The van der Waals surface area contributed by atoms with E-state index in [2.05, 4.69) is 27.9 Å². The standard InChI is InChI=1S/C20H20N2O/c1-21-20(22-2)14-8-11-15(16-9-4-6-12-18(16)20)17-10-5-7-13-19(17)23-3/h5,7-8,10-13,15-16H,4,6,9,14H2,3H3/t15-,16+/m1/s1. The Balaban J connectivity index is 2.11. The quantitative estimate of drug-likeness (QED) is 0.555. The van der Waals surface area contributed by atoms with Gasteiger partial charge in [0, 0.05) is 17.4 Å². The fourth-order valence-corrected chi connectivity index (χ4v) is 3.87. The third kappa shape index (κ3) is 2.53. The summed E-state index contributed by atoms with van der Waals surface area (Å²) in [6, 6.07) is 8.09. The van der Waals surface area contributed by atoms with E-state index in [1.165, 1.54) is 0 Å². The minimum Gasteiger partial charge on any atom is -0.496 e. The lowest BCUT2D eigenvalue weighted by Gasteiger charge is -2.29. The van der Waals surface area contributed by atoms with Crippen molar-refractivity contribution in [3.63, 3.8) is 0 Å². The summed E-state index contributed by atoms with van der Waals surface area (Å²) >= 11 is 0. The summed E-state index contributed by atoms with van der Waals surface area (Å²) in [5.41, 5.74) is 1.13. The lowest BCUT2D eigenvalue weighted by atomic mass is 9.72. The van der Waals surface area contributed by atoms with Crippen molar-refractivity contribution in [2.75, 3.05) is 7.11 Å². The molecule has 1 aromatic carbocycles. The second-order valence-corrected chi connectivity index (χ2v) is 6.14. The van der Waals surface area contributed by atoms with Gasteiger partial charge in [0.05, 0.1) is 7.11 Å². The molecule has 3 nitrogen and oxygen atoms in total. The molecule has 0 aromatic heterocycles. The van der Waals surface area contributed by atoms with E-state index in [9.17, 15) is 0 Å². The van der Waals surface area contributed by atoms with Crippen LogP contribution >= 0.6 is 0 Å². The lowest BCUT2D eigenvalue weighted by Crippen LogP contribution is -2.30. The maximum absolute atomic E-state index is 7.63. The molecule has 116 valence electrons. The van der Waals surface area contributed by atoms with Crippen LogP contribution in [0, 0.1) is 19.1 Å². The van der Waals surface area contributed by atoms with Crippen LogP contribution in [0.3, 0.4) is 0 Å². The highest BCUT2D eigenvalue weighted by Gasteiger charge is 2.53. The molecule has 0 N–H and O–H groups in total. The first kappa shape index (κ1) is 15.4. The van der Waals surface area contributed by atoms with Crippen LogP contribution in [-0.4, -0.2) is 12.8 Å². The zero-order valence-electron chi connectivity index (χ0n) is 13.3. The molecule has 0 heterocycles. The first-order valence-corrected chi connectivity index (χ1v) is 8.03. The summed E-state index contributed by atoms with van der Waals surface area (Å²) in [6.07, 6.45) is 9.93. The van der Waals surface area contributed by atoms with E-state index < -0.39 is 5.66 Å². The Kier molecular flexibility index (Phi) is 4.22. The second-order valence-electron chi connectivity index (χ2n) is 6.14. The van der Waals surface area contributed by atoms with Crippen LogP contribution in [0.15, 0.2) is 48.1 Å². The Morgan fingerprint density at radius 3 is 2.74 bits per heavy atom. The largest absolute Gasteiger partial charge is 0.509 e. The normalized spacial score (nSPS) is 25.3. The zero-order valence-corrected chi connectivity index (χ0v) is 13.3. The van der Waals surface area contributed by atoms with Gasteiger partial charge < -0.3 is 4.74 Å². The summed E-state index contributed by atoms with van der Waals surface area (Å²) < 4.78 is 5.55. The number of ether oxygens (including phenoxy) is 1. The predicted molar refractivity (Wildman–Crippen MR) is 90.9 cm³/mol. The van der Waals surface area contributed by atoms with Gasteiger partial charge in [-0.25, -0.2) is 22.8 Å². The van der Waals surface area contributed by atoms with Crippen molar-refractivity contribution < 1.29 is 4.74 Å².